The number of nitrogens with zero attached hydrogens (tertiary/aromatic N) is 1. The Bertz CT molecular complexity index is 635. The van der Waals surface area contributed by atoms with Gasteiger partial charge in [-0.05, 0) is 18.2 Å². The van der Waals surface area contributed by atoms with E-state index in [1.807, 2.05) is 0 Å². The Morgan fingerprint density at radius 2 is 1.96 bits per heavy atom. The number of hydrogen-bond donors (Lipinski definition) is 2. The van der Waals surface area contributed by atoms with Crippen LogP contribution in [0.25, 0.3) is 0 Å². The molecule has 0 spiro atoms. The number of benzene rings is 1. The van der Waals surface area contributed by atoms with Gasteiger partial charge in [0, 0.05) is 19.7 Å². The van der Waals surface area contributed by atoms with E-state index in [9.17, 15) is 23.6 Å². The van der Waals surface area contributed by atoms with Gasteiger partial charge < -0.3 is 20.3 Å². The summed E-state index contributed by atoms with van der Waals surface area (Å²) in [4.78, 5) is 47.0. The van der Waals surface area contributed by atoms with Crippen molar-refractivity contribution < 1.29 is 28.3 Å². The number of likely N-dealkylation sites (N-methyl/N-ethyl adjacent to an activating group) is 2. The van der Waals surface area contributed by atoms with Gasteiger partial charge in [0.15, 0.2) is 6.61 Å². The minimum Gasteiger partial charge on any atom is -0.454 e. The fourth-order valence-electron chi connectivity index (χ4n) is 1.57. The Morgan fingerprint density at radius 3 is 2.58 bits per heavy atom. The maximum Gasteiger partial charge on any atom is 0.325 e. The van der Waals surface area contributed by atoms with Gasteiger partial charge in [0.25, 0.3) is 11.8 Å². The second-order valence-corrected chi connectivity index (χ2v) is 4.78. The summed E-state index contributed by atoms with van der Waals surface area (Å²) in [5.41, 5.74) is 0.0594. The lowest BCUT2D eigenvalue weighted by atomic mass is 10.2. The number of esters is 1. The van der Waals surface area contributed by atoms with Crippen molar-refractivity contribution in [3.05, 3.63) is 35.6 Å². The number of rotatable bonds is 7. The van der Waals surface area contributed by atoms with E-state index in [-0.39, 0.29) is 18.0 Å². The molecule has 0 unspecified atom stereocenters. The lowest BCUT2D eigenvalue weighted by Gasteiger charge is -2.15. The van der Waals surface area contributed by atoms with Crippen molar-refractivity contribution in [1.82, 2.24) is 15.5 Å². The van der Waals surface area contributed by atoms with Crippen molar-refractivity contribution in [2.75, 3.05) is 33.8 Å². The van der Waals surface area contributed by atoms with Gasteiger partial charge >= 0.3 is 5.97 Å². The first-order valence-corrected chi connectivity index (χ1v) is 6.97. The van der Waals surface area contributed by atoms with Crippen molar-refractivity contribution in [3.63, 3.8) is 0 Å². The largest absolute Gasteiger partial charge is 0.454 e. The number of halogens is 1. The topological polar surface area (TPSA) is 105 Å². The molecule has 0 aliphatic carbocycles. The predicted octanol–water partition coefficient (Wildman–Crippen LogP) is -0.697. The van der Waals surface area contributed by atoms with Crippen molar-refractivity contribution in [2.24, 2.45) is 0 Å². The molecule has 0 aliphatic rings. The van der Waals surface area contributed by atoms with E-state index in [2.05, 4.69) is 10.6 Å². The van der Waals surface area contributed by atoms with Crippen molar-refractivity contribution >= 4 is 23.7 Å². The van der Waals surface area contributed by atoms with Crippen LogP contribution in [0.2, 0.25) is 0 Å². The average Bonchev–Trinajstić information content (AvgIpc) is 2.57. The van der Waals surface area contributed by atoms with Crippen LogP contribution in [0.3, 0.4) is 0 Å². The molecule has 1 aromatic carbocycles. The summed E-state index contributed by atoms with van der Waals surface area (Å²) in [6, 6.07) is 4.97. The van der Waals surface area contributed by atoms with Crippen molar-refractivity contribution in [2.45, 2.75) is 0 Å². The fraction of sp³-hybridized carbons (Fsp3) is 0.333. The Hall–Kier alpha value is -2.97. The van der Waals surface area contributed by atoms with E-state index >= 15 is 0 Å². The zero-order valence-corrected chi connectivity index (χ0v) is 13.3. The summed E-state index contributed by atoms with van der Waals surface area (Å²) in [6.45, 7) is -1.19. The molecule has 0 saturated carbocycles. The van der Waals surface area contributed by atoms with Crippen LogP contribution in [0.5, 0.6) is 0 Å². The maximum atomic E-state index is 13.0. The molecule has 0 fully saturated rings. The number of ether oxygens (including phenoxy) is 1. The molecule has 130 valence electrons. The maximum absolute atomic E-state index is 13.0. The molecular formula is C15H18FN3O5. The third kappa shape index (κ3) is 6.42. The normalized spacial score (nSPS) is 9.79. The molecule has 0 bridgehead atoms. The van der Waals surface area contributed by atoms with Gasteiger partial charge in [0.1, 0.15) is 12.4 Å². The fourth-order valence-corrected chi connectivity index (χ4v) is 1.57. The lowest BCUT2D eigenvalue weighted by molar-refractivity contribution is -0.151. The molecule has 1 aromatic rings. The number of nitrogens with one attached hydrogen (secondary N) is 2. The van der Waals surface area contributed by atoms with Gasteiger partial charge in [-0.1, -0.05) is 6.07 Å². The molecule has 0 saturated heterocycles. The van der Waals surface area contributed by atoms with Gasteiger partial charge in [0.05, 0.1) is 6.54 Å². The highest BCUT2D eigenvalue weighted by molar-refractivity contribution is 5.96. The summed E-state index contributed by atoms with van der Waals surface area (Å²) < 4.78 is 17.7. The summed E-state index contributed by atoms with van der Waals surface area (Å²) >= 11 is 0. The van der Waals surface area contributed by atoms with Crippen LogP contribution < -0.4 is 10.6 Å². The van der Waals surface area contributed by atoms with E-state index in [0.29, 0.717) is 0 Å². The SMILES string of the molecule is CNC(=O)CN(C)C(=O)COC(=O)CNC(=O)c1cccc(F)c1. The third-order valence-corrected chi connectivity index (χ3v) is 2.92. The van der Waals surface area contributed by atoms with Crippen molar-refractivity contribution in [1.29, 1.82) is 0 Å². The summed E-state index contributed by atoms with van der Waals surface area (Å²) in [5, 5.41) is 4.60. The molecule has 1 rings (SSSR count). The number of hydrogen-bond acceptors (Lipinski definition) is 5. The van der Waals surface area contributed by atoms with Gasteiger partial charge in [0.2, 0.25) is 5.91 Å². The number of amides is 3. The van der Waals surface area contributed by atoms with Gasteiger partial charge in [-0.25, -0.2) is 4.39 Å². The molecule has 2 N–H and O–H groups in total. The van der Waals surface area contributed by atoms with Crippen LogP contribution in [0.15, 0.2) is 24.3 Å². The molecular weight excluding hydrogens is 321 g/mol. The standard InChI is InChI=1S/C15H18FN3O5/c1-17-12(20)8-19(2)13(21)9-24-14(22)7-18-15(23)10-4-3-5-11(16)6-10/h3-6H,7-9H2,1-2H3,(H,17,20)(H,18,23). The molecule has 8 nitrogen and oxygen atoms in total. The summed E-state index contributed by atoms with van der Waals surface area (Å²) in [5.74, 6) is -2.98. The zero-order valence-electron chi connectivity index (χ0n) is 13.3. The Balaban J connectivity index is 2.35. The summed E-state index contributed by atoms with van der Waals surface area (Å²) in [6.07, 6.45) is 0. The Labute approximate surface area is 138 Å². The van der Waals surface area contributed by atoms with Gasteiger partial charge in [-0.15, -0.1) is 0 Å². The average molecular weight is 339 g/mol. The van der Waals surface area contributed by atoms with E-state index in [1.165, 1.54) is 32.3 Å². The minimum absolute atomic E-state index is 0.0594. The van der Waals surface area contributed by atoms with E-state index in [1.54, 1.807) is 0 Å². The highest BCUT2D eigenvalue weighted by Crippen LogP contribution is 2.02. The molecule has 0 aliphatic heterocycles. The Morgan fingerprint density at radius 1 is 1.25 bits per heavy atom. The summed E-state index contributed by atoms with van der Waals surface area (Å²) in [7, 11) is 2.82. The van der Waals surface area contributed by atoms with Crippen LogP contribution in [-0.2, 0) is 19.1 Å². The monoisotopic (exact) mass is 339 g/mol. The van der Waals surface area contributed by atoms with E-state index in [0.717, 1.165) is 11.0 Å². The first kappa shape index (κ1) is 19.1. The molecule has 0 atom stereocenters. The zero-order chi connectivity index (χ0) is 18.1. The van der Waals surface area contributed by atoms with Crippen LogP contribution in [-0.4, -0.2) is 62.4 Å². The van der Waals surface area contributed by atoms with Crippen LogP contribution >= 0.6 is 0 Å². The van der Waals surface area contributed by atoms with E-state index < -0.39 is 36.8 Å². The molecule has 24 heavy (non-hydrogen) atoms. The van der Waals surface area contributed by atoms with Gasteiger partial charge in [-0.3, -0.25) is 19.2 Å². The van der Waals surface area contributed by atoms with Crippen LogP contribution in [0, 0.1) is 5.82 Å². The number of carbonyl (C=O) groups is 4. The Kier molecular flexibility index (Phi) is 7.34. The quantitative estimate of drug-likeness (QED) is 0.640. The molecule has 0 radical (unpaired) electrons. The van der Waals surface area contributed by atoms with Crippen molar-refractivity contribution in [3.8, 4) is 0 Å². The lowest BCUT2D eigenvalue weighted by Crippen LogP contribution is -2.39. The second kappa shape index (κ2) is 9.23. The predicted molar refractivity (Wildman–Crippen MR) is 81.4 cm³/mol. The van der Waals surface area contributed by atoms with E-state index in [4.69, 9.17) is 4.74 Å². The smallest absolute Gasteiger partial charge is 0.325 e. The third-order valence-electron chi connectivity index (χ3n) is 2.92. The highest BCUT2D eigenvalue weighted by Gasteiger charge is 2.15. The first-order valence-electron chi connectivity index (χ1n) is 6.97. The second-order valence-electron chi connectivity index (χ2n) is 4.78. The molecule has 0 heterocycles. The van der Waals surface area contributed by atoms with Crippen LogP contribution in [0.4, 0.5) is 4.39 Å². The number of carbonyl (C=O) groups excluding carboxylic acids is 4. The minimum atomic E-state index is -0.832. The highest BCUT2D eigenvalue weighted by atomic mass is 19.1. The molecule has 3 amide bonds. The molecule has 9 heteroatoms. The van der Waals surface area contributed by atoms with Crippen LogP contribution in [0.1, 0.15) is 10.4 Å². The van der Waals surface area contributed by atoms with Gasteiger partial charge in [-0.2, -0.15) is 0 Å². The first-order chi connectivity index (χ1) is 11.3. The molecule has 0 aromatic heterocycles.